The summed E-state index contributed by atoms with van der Waals surface area (Å²) in [6.45, 7) is 0. The Morgan fingerprint density at radius 3 is 2.53 bits per heavy atom. The van der Waals surface area contributed by atoms with Gasteiger partial charge in [-0.1, -0.05) is 30.3 Å². The molecule has 0 heterocycles. The largest absolute Gasteiger partial charge is 0.392 e. The minimum absolute atomic E-state index is 0.368. The number of carbonyl (C=O) groups excluding carboxylic acids is 1. The molecule has 5 heteroatoms. The Morgan fingerprint density at radius 1 is 1.40 bits per heavy atom. The SMILES string of the molecule is N=C(N)OC(=O)C(N)Cc1ccccc1. The second-order valence-corrected chi connectivity index (χ2v) is 3.08. The van der Waals surface area contributed by atoms with Crippen LogP contribution in [0.1, 0.15) is 5.56 Å². The van der Waals surface area contributed by atoms with Crippen molar-refractivity contribution in [2.45, 2.75) is 12.5 Å². The van der Waals surface area contributed by atoms with Crippen molar-refractivity contribution in [2.24, 2.45) is 11.5 Å². The van der Waals surface area contributed by atoms with Crippen molar-refractivity contribution in [1.29, 1.82) is 5.41 Å². The number of hydrogen-bond donors (Lipinski definition) is 3. The summed E-state index contributed by atoms with van der Waals surface area (Å²) in [6, 6.07) is 7.89. The zero-order valence-electron chi connectivity index (χ0n) is 8.14. The normalized spacial score (nSPS) is 11.8. The van der Waals surface area contributed by atoms with Gasteiger partial charge in [-0.25, -0.2) is 4.79 Å². The van der Waals surface area contributed by atoms with Crippen molar-refractivity contribution in [1.82, 2.24) is 0 Å². The number of rotatable bonds is 3. The van der Waals surface area contributed by atoms with Gasteiger partial charge < -0.3 is 16.2 Å². The molecule has 0 aliphatic rings. The van der Waals surface area contributed by atoms with Crippen molar-refractivity contribution in [2.75, 3.05) is 0 Å². The third-order valence-corrected chi connectivity index (χ3v) is 1.81. The van der Waals surface area contributed by atoms with Gasteiger partial charge in [-0.2, -0.15) is 0 Å². The lowest BCUT2D eigenvalue weighted by molar-refractivity contribution is -0.137. The van der Waals surface area contributed by atoms with E-state index < -0.39 is 18.0 Å². The number of esters is 1. The van der Waals surface area contributed by atoms with Crippen molar-refractivity contribution >= 4 is 12.0 Å². The zero-order valence-corrected chi connectivity index (χ0v) is 8.14. The van der Waals surface area contributed by atoms with E-state index in [0.717, 1.165) is 5.56 Å². The Labute approximate surface area is 87.5 Å². The fraction of sp³-hybridized carbons (Fsp3) is 0.200. The molecule has 1 unspecified atom stereocenters. The van der Waals surface area contributed by atoms with Crippen LogP contribution in [-0.2, 0) is 16.0 Å². The molecule has 1 aromatic carbocycles. The van der Waals surface area contributed by atoms with Gasteiger partial charge in [-0.3, -0.25) is 5.41 Å². The summed E-state index contributed by atoms with van der Waals surface area (Å²) in [5.74, 6) is -0.689. The summed E-state index contributed by atoms with van der Waals surface area (Å²) in [7, 11) is 0. The lowest BCUT2D eigenvalue weighted by Gasteiger charge is -2.09. The number of nitrogens with two attached hydrogens (primary N) is 2. The summed E-state index contributed by atoms with van der Waals surface area (Å²) in [5.41, 5.74) is 11.4. The lowest BCUT2D eigenvalue weighted by Crippen LogP contribution is -2.37. The minimum atomic E-state index is -0.795. The fourth-order valence-corrected chi connectivity index (χ4v) is 1.14. The van der Waals surface area contributed by atoms with Crippen LogP contribution in [-0.4, -0.2) is 18.0 Å². The Balaban J connectivity index is 2.52. The molecule has 15 heavy (non-hydrogen) atoms. The summed E-state index contributed by atoms with van der Waals surface area (Å²) < 4.78 is 4.38. The molecule has 0 bridgehead atoms. The number of hydrogen-bond acceptors (Lipinski definition) is 4. The van der Waals surface area contributed by atoms with E-state index in [1.54, 1.807) is 0 Å². The monoisotopic (exact) mass is 207 g/mol. The summed E-state index contributed by atoms with van der Waals surface area (Å²) in [4.78, 5) is 11.2. The highest BCUT2D eigenvalue weighted by atomic mass is 16.6. The third-order valence-electron chi connectivity index (χ3n) is 1.81. The Bertz CT molecular complexity index is 351. The molecule has 1 rings (SSSR count). The molecule has 5 nitrogen and oxygen atoms in total. The van der Waals surface area contributed by atoms with Gasteiger partial charge in [-0.15, -0.1) is 0 Å². The third kappa shape index (κ3) is 3.78. The first-order chi connectivity index (χ1) is 7.09. The van der Waals surface area contributed by atoms with E-state index in [4.69, 9.17) is 16.9 Å². The van der Waals surface area contributed by atoms with Gasteiger partial charge in [0.1, 0.15) is 6.04 Å². The first-order valence-electron chi connectivity index (χ1n) is 4.45. The van der Waals surface area contributed by atoms with Gasteiger partial charge >= 0.3 is 5.97 Å². The maximum atomic E-state index is 11.2. The quantitative estimate of drug-likeness (QED) is 0.368. The van der Waals surface area contributed by atoms with E-state index in [1.165, 1.54) is 0 Å². The van der Waals surface area contributed by atoms with Crippen molar-refractivity contribution < 1.29 is 9.53 Å². The summed E-state index contributed by atoms with van der Waals surface area (Å²) in [6.07, 6.45) is 0.368. The van der Waals surface area contributed by atoms with Gasteiger partial charge in [0.05, 0.1) is 0 Å². The van der Waals surface area contributed by atoms with Crippen LogP contribution in [0.3, 0.4) is 0 Å². The number of ether oxygens (including phenoxy) is 1. The molecular formula is C10H13N3O2. The van der Waals surface area contributed by atoms with Gasteiger partial charge in [0, 0.05) is 0 Å². The van der Waals surface area contributed by atoms with Crippen LogP contribution >= 0.6 is 0 Å². The van der Waals surface area contributed by atoms with Crippen LogP contribution < -0.4 is 11.5 Å². The number of benzene rings is 1. The fourth-order valence-electron chi connectivity index (χ4n) is 1.14. The number of carbonyl (C=O) groups is 1. The van der Waals surface area contributed by atoms with Gasteiger partial charge in [0.25, 0.3) is 6.02 Å². The number of amidine groups is 1. The zero-order chi connectivity index (χ0) is 11.3. The molecule has 0 saturated heterocycles. The molecule has 0 spiro atoms. The van der Waals surface area contributed by atoms with E-state index >= 15 is 0 Å². The molecule has 1 aromatic rings. The Kier molecular flexibility index (Phi) is 3.82. The van der Waals surface area contributed by atoms with Crippen molar-refractivity contribution in [3.63, 3.8) is 0 Å². The van der Waals surface area contributed by atoms with Gasteiger partial charge in [-0.05, 0) is 12.0 Å². The second kappa shape index (κ2) is 5.11. The standard InChI is InChI=1S/C10H13N3O2/c11-8(9(14)15-10(12)13)6-7-4-2-1-3-5-7/h1-5,8H,6,11H2,(H3,12,13). The molecule has 1 atom stereocenters. The molecule has 0 fully saturated rings. The first-order valence-corrected chi connectivity index (χ1v) is 4.45. The van der Waals surface area contributed by atoms with Crippen LogP contribution in [0.2, 0.25) is 0 Å². The molecule has 0 aliphatic heterocycles. The average molecular weight is 207 g/mol. The summed E-state index contributed by atoms with van der Waals surface area (Å²) in [5, 5.41) is 6.78. The molecule has 0 radical (unpaired) electrons. The smallest absolute Gasteiger partial charge is 0.331 e. The van der Waals surface area contributed by atoms with Crippen molar-refractivity contribution in [3.8, 4) is 0 Å². The molecule has 0 amide bonds. The molecule has 5 N–H and O–H groups in total. The molecular weight excluding hydrogens is 194 g/mol. The maximum absolute atomic E-state index is 11.2. The maximum Gasteiger partial charge on any atom is 0.331 e. The predicted molar refractivity (Wildman–Crippen MR) is 56.1 cm³/mol. The van der Waals surface area contributed by atoms with E-state index in [-0.39, 0.29) is 0 Å². The van der Waals surface area contributed by atoms with Gasteiger partial charge in [0.2, 0.25) is 0 Å². The van der Waals surface area contributed by atoms with E-state index in [2.05, 4.69) is 4.74 Å². The van der Waals surface area contributed by atoms with Crippen LogP contribution in [0.5, 0.6) is 0 Å². The van der Waals surface area contributed by atoms with Crippen LogP contribution in [0.15, 0.2) is 30.3 Å². The predicted octanol–water partition coefficient (Wildman–Crippen LogP) is -0.00693. The average Bonchev–Trinajstić information content (AvgIpc) is 2.18. The highest BCUT2D eigenvalue weighted by Crippen LogP contribution is 2.02. The van der Waals surface area contributed by atoms with Crippen LogP contribution in [0, 0.1) is 5.41 Å². The highest BCUT2D eigenvalue weighted by molar-refractivity contribution is 5.87. The Hall–Kier alpha value is -1.88. The molecule has 0 aromatic heterocycles. The molecule has 80 valence electrons. The lowest BCUT2D eigenvalue weighted by atomic mass is 10.1. The Morgan fingerprint density at radius 2 is 2.00 bits per heavy atom. The van der Waals surface area contributed by atoms with Crippen molar-refractivity contribution in [3.05, 3.63) is 35.9 Å². The minimum Gasteiger partial charge on any atom is -0.392 e. The summed E-state index contributed by atoms with van der Waals surface area (Å²) >= 11 is 0. The van der Waals surface area contributed by atoms with Gasteiger partial charge in [0.15, 0.2) is 0 Å². The second-order valence-electron chi connectivity index (χ2n) is 3.08. The van der Waals surface area contributed by atoms with E-state index in [9.17, 15) is 4.79 Å². The molecule has 0 aliphatic carbocycles. The topological polar surface area (TPSA) is 102 Å². The number of nitrogens with one attached hydrogen (secondary N) is 1. The van der Waals surface area contributed by atoms with E-state index in [1.807, 2.05) is 30.3 Å². The van der Waals surface area contributed by atoms with Crippen LogP contribution in [0.25, 0.3) is 0 Å². The highest BCUT2D eigenvalue weighted by Gasteiger charge is 2.16. The van der Waals surface area contributed by atoms with E-state index in [0.29, 0.717) is 6.42 Å². The first kappa shape index (κ1) is 11.2. The molecule has 0 saturated carbocycles. The van der Waals surface area contributed by atoms with Crippen LogP contribution in [0.4, 0.5) is 0 Å².